The third-order valence-electron chi connectivity index (χ3n) is 4.65. The van der Waals surface area contributed by atoms with Crippen molar-refractivity contribution in [1.29, 1.82) is 0 Å². The van der Waals surface area contributed by atoms with Gasteiger partial charge in [0.25, 0.3) is 0 Å². The van der Waals surface area contributed by atoms with Crippen LogP contribution in [0.4, 0.5) is 23.9 Å². The van der Waals surface area contributed by atoms with Crippen molar-refractivity contribution in [3.8, 4) is 0 Å². The van der Waals surface area contributed by atoms with Gasteiger partial charge in [0.15, 0.2) is 0 Å². The zero-order valence-corrected chi connectivity index (χ0v) is 17.8. The van der Waals surface area contributed by atoms with Crippen LogP contribution < -0.4 is 10.2 Å². The van der Waals surface area contributed by atoms with E-state index in [0.29, 0.717) is 5.69 Å². The van der Waals surface area contributed by atoms with Crippen molar-refractivity contribution in [3.05, 3.63) is 42.0 Å². The number of rotatable bonds is 7. The number of carbonyl (C=O) groups excluding carboxylic acids is 1. The summed E-state index contributed by atoms with van der Waals surface area (Å²) in [7, 11) is 0. The van der Waals surface area contributed by atoms with Gasteiger partial charge < -0.3 is 10.2 Å². The van der Waals surface area contributed by atoms with E-state index in [9.17, 15) is 18.0 Å². The average molecular weight is 444 g/mol. The summed E-state index contributed by atoms with van der Waals surface area (Å²) in [6.07, 6.45) is -3.26. The van der Waals surface area contributed by atoms with Gasteiger partial charge in [0.1, 0.15) is 0 Å². The Morgan fingerprint density at radius 3 is 2.62 bits per heavy atom. The molecular formula is C20H24F3N3OS2. The third kappa shape index (κ3) is 6.65. The zero-order valence-electron chi connectivity index (χ0n) is 16.2. The van der Waals surface area contributed by atoms with Gasteiger partial charge in [-0.3, -0.25) is 9.69 Å². The summed E-state index contributed by atoms with van der Waals surface area (Å²) in [6.45, 7) is 5.66. The Hall–Kier alpha value is -1.71. The Morgan fingerprint density at radius 2 is 1.93 bits per heavy atom. The van der Waals surface area contributed by atoms with Gasteiger partial charge in [-0.25, -0.2) is 0 Å². The van der Waals surface area contributed by atoms with Crippen LogP contribution in [0.15, 0.2) is 40.6 Å². The molecule has 1 N–H and O–H groups in total. The van der Waals surface area contributed by atoms with Crippen LogP contribution in [0.1, 0.15) is 18.9 Å². The van der Waals surface area contributed by atoms with E-state index in [1.807, 2.05) is 17.0 Å². The third-order valence-corrected chi connectivity index (χ3v) is 6.97. The second-order valence-electron chi connectivity index (χ2n) is 6.88. The summed E-state index contributed by atoms with van der Waals surface area (Å²) in [5, 5.41) is 3.65. The molecule has 1 aliphatic rings. The first-order valence-electron chi connectivity index (χ1n) is 9.46. The van der Waals surface area contributed by atoms with Crippen molar-refractivity contribution < 1.29 is 18.0 Å². The molecule has 3 rings (SSSR count). The lowest BCUT2D eigenvalue weighted by Gasteiger charge is -2.36. The van der Waals surface area contributed by atoms with Crippen LogP contribution in [-0.4, -0.2) is 49.3 Å². The molecule has 1 amide bonds. The molecule has 1 aromatic carbocycles. The molecule has 0 unspecified atom stereocenters. The molecular weight excluding hydrogens is 419 g/mol. The Bertz CT molecular complexity index is 817. The minimum absolute atomic E-state index is 0.0623. The maximum atomic E-state index is 12.9. The Kier molecular flexibility index (Phi) is 7.48. The summed E-state index contributed by atoms with van der Waals surface area (Å²) in [5.74, 6) is 0.932. The molecule has 2 heterocycles. The average Bonchev–Trinajstić information content (AvgIpc) is 3.12. The standard InChI is InChI=1S/C20H24F3N3OS2/c1-15(27)24-18-6-7-19(29-18)28-13-3-8-25-9-11-26(12-10-25)17-5-2-4-16(14-17)20(21,22)23/h2,4-7,14H,3,8-13H2,1H3,(H,24,27). The predicted molar refractivity (Wildman–Crippen MR) is 114 cm³/mol. The fourth-order valence-corrected chi connectivity index (χ4v) is 5.29. The molecule has 29 heavy (non-hydrogen) atoms. The Labute approximate surface area is 177 Å². The number of benzene rings is 1. The van der Waals surface area contributed by atoms with E-state index < -0.39 is 11.7 Å². The minimum Gasteiger partial charge on any atom is -0.369 e. The maximum absolute atomic E-state index is 12.9. The SMILES string of the molecule is CC(=O)Nc1ccc(SCCCN2CCN(c3cccc(C(F)(F)F)c3)CC2)s1. The van der Waals surface area contributed by atoms with E-state index in [1.54, 1.807) is 29.2 Å². The molecule has 1 aromatic heterocycles. The molecule has 0 atom stereocenters. The van der Waals surface area contributed by atoms with Crippen LogP contribution in [0.25, 0.3) is 0 Å². The number of thiophene rings is 1. The number of thioether (sulfide) groups is 1. The quantitative estimate of drug-likeness (QED) is 0.481. The van der Waals surface area contributed by atoms with Crippen LogP contribution in [-0.2, 0) is 11.0 Å². The number of hydrogen-bond donors (Lipinski definition) is 1. The zero-order chi connectivity index (χ0) is 20.9. The Morgan fingerprint density at radius 1 is 1.17 bits per heavy atom. The molecule has 158 valence electrons. The van der Waals surface area contributed by atoms with E-state index in [4.69, 9.17) is 0 Å². The van der Waals surface area contributed by atoms with E-state index in [1.165, 1.54) is 23.3 Å². The highest BCUT2D eigenvalue weighted by molar-refractivity contribution is 8.01. The number of piperazine rings is 1. The van der Waals surface area contributed by atoms with Gasteiger partial charge in [0, 0.05) is 44.5 Å². The first kappa shape index (κ1) is 22.0. The van der Waals surface area contributed by atoms with Crippen molar-refractivity contribution in [2.24, 2.45) is 0 Å². The molecule has 0 bridgehead atoms. The number of anilines is 2. The number of nitrogens with one attached hydrogen (secondary N) is 1. The van der Waals surface area contributed by atoms with Crippen molar-refractivity contribution in [2.45, 2.75) is 23.7 Å². The fourth-order valence-electron chi connectivity index (χ4n) is 3.21. The van der Waals surface area contributed by atoms with Gasteiger partial charge in [0.05, 0.1) is 14.8 Å². The molecule has 2 aromatic rings. The molecule has 0 spiro atoms. The topological polar surface area (TPSA) is 35.6 Å². The van der Waals surface area contributed by atoms with Crippen LogP contribution in [0.5, 0.6) is 0 Å². The lowest BCUT2D eigenvalue weighted by Crippen LogP contribution is -2.46. The van der Waals surface area contributed by atoms with Gasteiger partial charge in [-0.15, -0.1) is 23.1 Å². The van der Waals surface area contributed by atoms with E-state index in [0.717, 1.165) is 56.0 Å². The van der Waals surface area contributed by atoms with Gasteiger partial charge in [-0.2, -0.15) is 13.2 Å². The highest BCUT2D eigenvalue weighted by Crippen LogP contribution is 2.32. The smallest absolute Gasteiger partial charge is 0.369 e. The van der Waals surface area contributed by atoms with Crippen LogP contribution >= 0.6 is 23.1 Å². The van der Waals surface area contributed by atoms with Gasteiger partial charge in [0.2, 0.25) is 5.91 Å². The second-order valence-corrected chi connectivity index (χ2v) is 9.36. The lowest BCUT2D eigenvalue weighted by molar-refractivity contribution is -0.137. The molecule has 1 fully saturated rings. The van der Waals surface area contributed by atoms with Crippen molar-refractivity contribution in [2.75, 3.05) is 48.7 Å². The number of carbonyl (C=O) groups is 1. The summed E-state index contributed by atoms with van der Waals surface area (Å²) in [6, 6.07) is 9.52. The van der Waals surface area contributed by atoms with Crippen molar-refractivity contribution in [3.63, 3.8) is 0 Å². The normalized spacial score (nSPS) is 15.5. The summed E-state index contributed by atoms with van der Waals surface area (Å²) >= 11 is 3.36. The molecule has 1 aliphatic heterocycles. The summed E-state index contributed by atoms with van der Waals surface area (Å²) < 4.78 is 39.9. The largest absolute Gasteiger partial charge is 0.416 e. The fraction of sp³-hybridized carbons (Fsp3) is 0.450. The number of halogens is 3. The maximum Gasteiger partial charge on any atom is 0.416 e. The second kappa shape index (κ2) is 9.86. The molecule has 0 saturated carbocycles. The summed E-state index contributed by atoms with van der Waals surface area (Å²) in [5.41, 5.74) is 0.0485. The monoisotopic (exact) mass is 443 g/mol. The summed E-state index contributed by atoms with van der Waals surface area (Å²) in [4.78, 5) is 15.4. The molecule has 0 radical (unpaired) electrons. The highest BCUT2D eigenvalue weighted by atomic mass is 32.2. The first-order valence-corrected chi connectivity index (χ1v) is 11.3. The van der Waals surface area contributed by atoms with E-state index in [-0.39, 0.29) is 5.91 Å². The minimum atomic E-state index is -4.30. The number of amides is 1. The van der Waals surface area contributed by atoms with Gasteiger partial charge in [-0.1, -0.05) is 6.07 Å². The van der Waals surface area contributed by atoms with Crippen molar-refractivity contribution in [1.82, 2.24) is 4.90 Å². The van der Waals surface area contributed by atoms with Gasteiger partial charge >= 0.3 is 6.18 Å². The predicted octanol–water partition coefficient (Wildman–Crippen LogP) is 5.03. The molecule has 0 aliphatic carbocycles. The first-order chi connectivity index (χ1) is 13.8. The van der Waals surface area contributed by atoms with Crippen LogP contribution in [0.2, 0.25) is 0 Å². The van der Waals surface area contributed by atoms with Crippen LogP contribution in [0, 0.1) is 0 Å². The molecule has 1 saturated heterocycles. The molecule has 4 nitrogen and oxygen atoms in total. The Balaban J connectivity index is 1.38. The van der Waals surface area contributed by atoms with Crippen LogP contribution in [0.3, 0.4) is 0 Å². The van der Waals surface area contributed by atoms with Crippen molar-refractivity contribution >= 4 is 39.7 Å². The van der Waals surface area contributed by atoms with Gasteiger partial charge in [-0.05, 0) is 43.3 Å². The van der Waals surface area contributed by atoms with E-state index in [2.05, 4.69) is 10.2 Å². The number of hydrogen-bond acceptors (Lipinski definition) is 5. The number of alkyl halides is 3. The lowest BCUT2D eigenvalue weighted by atomic mass is 10.1. The van der Waals surface area contributed by atoms with E-state index >= 15 is 0 Å². The number of nitrogens with zero attached hydrogens (tertiary/aromatic N) is 2. The highest BCUT2D eigenvalue weighted by Gasteiger charge is 2.31. The molecule has 9 heteroatoms.